The Morgan fingerprint density at radius 3 is 2.94 bits per heavy atom. The van der Waals surface area contributed by atoms with Gasteiger partial charge in [-0.15, -0.1) is 11.3 Å². The van der Waals surface area contributed by atoms with Crippen LogP contribution in [-0.4, -0.2) is 23.4 Å². The Kier molecular flexibility index (Phi) is 4.74. The highest BCUT2D eigenvalue weighted by molar-refractivity contribution is 7.14. The highest BCUT2D eigenvalue weighted by Gasteiger charge is 2.28. The molecule has 2 rings (SSSR count). The third kappa shape index (κ3) is 3.54. The Morgan fingerprint density at radius 1 is 1.56 bits per heavy atom. The van der Waals surface area contributed by atoms with E-state index in [2.05, 4.69) is 17.2 Å². The van der Waals surface area contributed by atoms with Crippen LogP contribution in [0.5, 0.6) is 0 Å². The van der Waals surface area contributed by atoms with Crippen molar-refractivity contribution in [3.05, 3.63) is 21.9 Å². The zero-order valence-corrected chi connectivity index (χ0v) is 11.6. The molecule has 5 heteroatoms. The van der Waals surface area contributed by atoms with Crippen LogP contribution in [0.1, 0.15) is 47.2 Å². The number of thiophene rings is 1. The van der Waals surface area contributed by atoms with Gasteiger partial charge >= 0.3 is 0 Å². The molecular weight excluding hydrogens is 246 g/mol. The van der Waals surface area contributed by atoms with E-state index in [1.807, 2.05) is 12.1 Å². The van der Waals surface area contributed by atoms with Crippen molar-refractivity contribution in [2.24, 2.45) is 5.84 Å². The van der Waals surface area contributed by atoms with Gasteiger partial charge in [0.1, 0.15) is 0 Å². The Bertz CT molecular complexity index is 401. The van der Waals surface area contributed by atoms with Gasteiger partial charge in [-0.25, -0.2) is 5.84 Å². The molecule has 3 N–H and O–H groups in total. The summed E-state index contributed by atoms with van der Waals surface area (Å²) < 4.78 is 0. The number of amides is 1. The topological polar surface area (TPSA) is 58.4 Å². The largest absolute Gasteiger partial charge is 0.295 e. The molecule has 1 fully saturated rings. The Morgan fingerprint density at radius 2 is 2.33 bits per heavy atom. The molecule has 1 saturated carbocycles. The van der Waals surface area contributed by atoms with Gasteiger partial charge < -0.3 is 0 Å². The molecule has 0 aliphatic heterocycles. The minimum atomic E-state index is -0.196. The number of nitrogens with two attached hydrogens (primary N) is 1. The minimum absolute atomic E-state index is 0.196. The van der Waals surface area contributed by atoms with E-state index in [4.69, 9.17) is 5.84 Å². The minimum Gasteiger partial charge on any atom is -0.295 e. The lowest BCUT2D eigenvalue weighted by atomic mass is 10.3. The highest BCUT2D eigenvalue weighted by atomic mass is 32.1. The first-order valence-corrected chi connectivity index (χ1v) is 7.40. The third-order valence-electron chi connectivity index (χ3n) is 3.24. The normalized spacial score (nSPS) is 15.1. The first kappa shape index (κ1) is 13.5. The van der Waals surface area contributed by atoms with Gasteiger partial charge in [-0.3, -0.25) is 15.1 Å². The van der Waals surface area contributed by atoms with Crippen LogP contribution in [0, 0.1) is 0 Å². The average molecular weight is 267 g/mol. The van der Waals surface area contributed by atoms with E-state index in [0.29, 0.717) is 4.88 Å². The summed E-state index contributed by atoms with van der Waals surface area (Å²) in [6.45, 7) is 4.35. The number of carbonyl (C=O) groups is 1. The zero-order chi connectivity index (χ0) is 13.0. The number of nitrogen functional groups attached to an aromatic ring is 1. The summed E-state index contributed by atoms with van der Waals surface area (Å²) in [5.74, 6) is 4.94. The molecule has 0 bridgehead atoms. The van der Waals surface area contributed by atoms with Crippen LogP contribution in [0.25, 0.3) is 0 Å². The van der Waals surface area contributed by atoms with Crippen LogP contribution in [0.3, 0.4) is 0 Å². The molecule has 0 radical (unpaired) electrons. The van der Waals surface area contributed by atoms with Crippen LogP contribution < -0.4 is 11.3 Å². The third-order valence-corrected chi connectivity index (χ3v) is 4.31. The van der Waals surface area contributed by atoms with E-state index < -0.39 is 0 Å². The lowest BCUT2D eigenvalue weighted by molar-refractivity contribution is 0.0957. The van der Waals surface area contributed by atoms with Crippen molar-refractivity contribution < 1.29 is 4.79 Å². The second-order valence-corrected chi connectivity index (χ2v) is 5.96. The molecule has 100 valence electrons. The van der Waals surface area contributed by atoms with Crippen LogP contribution in [0.4, 0.5) is 0 Å². The molecule has 1 amide bonds. The van der Waals surface area contributed by atoms with Gasteiger partial charge in [0, 0.05) is 17.5 Å². The number of nitrogens with zero attached hydrogens (tertiary/aromatic N) is 1. The van der Waals surface area contributed by atoms with Crippen molar-refractivity contribution in [3.63, 3.8) is 0 Å². The van der Waals surface area contributed by atoms with E-state index >= 15 is 0 Å². The second kappa shape index (κ2) is 6.31. The lowest BCUT2D eigenvalue weighted by Gasteiger charge is -2.20. The monoisotopic (exact) mass is 267 g/mol. The van der Waals surface area contributed by atoms with Crippen molar-refractivity contribution in [1.29, 1.82) is 0 Å². The fraction of sp³-hybridized carbons (Fsp3) is 0.615. The highest BCUT2D eigenvalue weighted by Crippen LogP contribution is 2.30. The molecule has 18 heavy (non-hydrogen) atoms. The number of hydrogen-bond acceptors (Lipinski definition) is 4. The van der Waals surface area contributed by atoms with Gasteiger partial charge in [0.15, 0.2) is 0 Å². The number of hydrogen-bond donors (Lipinski definition) is 2. The van der Waals surface area contributed by atoms with Crippen molar-refractivity contribution in [3.8, 4) is 0 Å². The van der Waals surface area contributed by atoms with Gasteiger partial charge in [-0.05, 0) is 37.9 Å². The molecule has 1 aliphatic rings. The molecule has 0 unspecified atom stereocenters. The Balaban J connectivity index is 1.93. The molecule has 0 saturated heterocycles. The molecule has 1 aliphatic carbocycles. The predicted octanol–water partition coefficient (Wildman–Crippen LogP) is 2.12. The second-order valence-electron chi connectivity index (χ2n) is 4.79. The van der Waals surface area contributed by atoms with Crippen LogP contribution in [-0.2, 0) is 6.54 Å². The van der Waals surface area contributed by atoms with Gasteiger partial charge in [-0.2, -0.15) is 0 Å². The fourth-order valence-electron chi connectivity index (χ4n) is 2.05. The van der Waals surface area contributed by atoms with Crippen LogP contribution in [0.2, 0.25) is 0 Å². The van der Waals surface area contributed by atoms with Gasteiger partial charge in [0.05, 0.1) is 4.88 Å². The maximum absolute atomic E-state index is 11.4. The SMILES string of the molecule is CCCCN(Cc1ccc(C(=O)NN)s1)C1CC1. The zero-order valence-electron chi connectivity index (χ0n) is 10.8. The predicted molar refractivity (Wildman–Crippen MR) is 74.3 cm³/mol. The summed E-state index contributed by atoms with van der Waals surface area (Å²) in [7, 11) is 0. The van der Waals surface area contributed by atoms with Crippen molar-refractivity contribution >= 4 is 17.2 Å². The molecule has 0 atom stereocenters. The standard InChI is InChI=1S/C13H21N3OS/c1-2-3-8-16(10-4-5-10)9-11-6-7-12(18-11)13(17)15-14/h6-7,10H,2-5,8-9,14H2,1H3,(H,15,17). The van der Waals surface area contributed by atoms with E-state index in [0.717, 1.165) is 19.1 Å². The van der Waals surface area contributed by atoms with Crippen LogP contribution in [0.15, 0.2) is 12.1 Å². The number of rotatable bonds is 7. The lowest BCUT2D eigenvalue weighted by Crippen LogP contribution is -2.29. The molecular formula is C13H21N3OS. The number of hydrazine groups is 1. The van der Waals surface area contributed by atoms with Crippen molar-refractivity contribution in [2.45, 2.75) is 45.2 Å². The number of unbranched alkanes of at least 4 members (excludes halogenated alkanes) is 1. The molecule has 0 spiro atoms. The van der Waals surface area contributed by atoms with Crippen molar-refractivity contribution in [2.75, 3.05) is 6.54 Å². The number of carbonyl (C=O) groups excluding carboxylic acids is 1. The summed E-state index contributed by atoms with van der Waals surface area (Å²) >= 11 is 1.54. The van der Waals surface area contributed by atoms with Crippen LogP contribution >= 0.6 is 11.3 Å². The van der Waals surface area contributed by atoms with Gasteiger partial charge in [0.25, 0.3) is 5.91 Å². The first-order chi connectivity index (χ1) is 8.74. The molecule has 1 aromatic heterocycles. The van der Waals surface area contributed by atoms with E-state index in [9.17, 15) is 4.79 Å². The van der Waals surface area contributed by atoms with Crippen molar-refractivity contribution in [1.82, 2.24) is 10.3 Å². The van der Waals surface area contributed by atoms with E-state index in [1.54, 1.807) is 0 Å². The smallest absolute Gasteiger partial charge is 0.275 e. The van der Waals surface area contributed by atoms with Gasteiger partial charge in [0.2, 0.25) is 0 Å². The Labute approximate surface area is 112 Å². The van der Waals surface area contributed by atoms with Gasteiger partial charge in [-0.1, -0.05) is 13.3 Å². The summed E-state index contributed by atoms with van der Waals surface area (Å²) in [6.07, 6.45) is 5.13. The first-order valence-electron chi connectivity index (χ1n) is 6.58. The Hall–Kier alpha value is -0.910. The average Bonchev–Trinajstić information content (AvgIpc) is 3.13. The summed E-state index contributed by atoms with van der Waals surface area (Å²) in [5, 5.41) is 0. The number of nitrogens with one attached hydrogen (secondary N) is 1. The molecule has 4 nitrogen and oxygen atoms in total. The van der Waals surface area contributed by atoms with E-state index in [1.165, 1.54) is 41.9 Å². The molecule has 1 aromatic rings. The summed E-state index contributed by atoms with van der Waals surface area (Å²) in [6, 6.07) is 4.66. The fourth-order valence-corrected chi connectivity index (χ4v) is 2.98. The summed E-state index contributed by atoms with van der Waals surface area (Å²) in [5.41, 5.74) is 2.18. The molecule has 0 aromatic carbocycles. The maximum Gasteiger partial charge on any atom is 0.275 e. The maximum atomic E-state index is 11.4. The quantitative estimate of drug-likeness (QED) is 0.452. The molecule has 1 heterocycles. The van der Waals surface area contributed by atoms with E-state index in [-0.39, 0.29) is 5.91 Å². The summed E-state index contributed by atoms with van der Waals surface area (Å²) in [4.78, 5) is 15.9.